The lowest BCUT2D eigenvalue weighted by Crippen LogP contribution is -2.39. The van der Waals surface area contributed by atoms with Gasteiger partial charge in [-0.05, 0) is 48.9 Å². The second-order valence-electron chi connectivity index (χ2n) is 7.51. The molecule has 1 heterocycles. The van der Waals surface area contributed by atoms with Gasteiger partial charge in [0, 0.05) is 31.5 Å². The predicted octanol–water partition coefficient (Wildman–Crippen LogP) is 5.14. The number of alkyl halides is 3. The summed E-state index contributed by atoms with van der Waals surface area (Å²) in [6, 6.07) is 13.2. The summed E-state index contributed by atoms with van der Waals surface area (Å²) in [7, 11) is 4.69. The summed E-state index contributed by atoms with van der Waals surface area (Å²) in [6.07, 6.45) is -2.09. The highest BCUT2D eigenvalue weighted by Gasteiger charge is 2.33. The molecule has 172 valence electrons. The number of rotatable bonds is 5. The van der Waals surface area contributed by atoms with E-state index in [0.29, 0.717) is 22.9 Å². The van der Waals surface area contributed by atoms with Gasteiger partial charge in [-0.25, -0.2) is 4.79 Å². The first kappa shape index (κ1) is 23.8. The second kappa shape index (κ2) is 9.32. The molecule has 0 saturated carbocycles. The Kier molecular flexibility index (Phi) is 6.71. The van der Waals surface area contributed by atoms with E-state index >= 15 is 0 Å². The van der Waals surface area contributed by atoms with Gasteiger partial charge in [-0.15, -0.1) is 0 Å². The molecule has 0 radical (unpaired) electrons. The molecule has 0 spiro atoms. The lowest BCUT2D eigenvalue weighted by molar-refractivity contribution is -0.672. The number of ether oxygens (including phenoxy) is 1. The Bertz CT molecular complexity index is 1180. The van der Waals surface area contributed by atoms with E-state index in [-0.39, 0.29) is 11.3 Å². The maximum absolute atomic E-state index is 13.2. The Balaban J connectivity index is 1.75. The molecule has 0 saturated heterocycles. The van der Waals surface area contributed by atoms with Crippen molar-refractivity contribution in [3.63, 3.8) is 0 Å². The van der Waals surface area contributed by atoms with Crippen molar-refractivity contribution in [1.29, 1.82) is 0 Å². The Labute approximate surface area is 189 Å². The number of carbonyl (C=O) groups is 2. The van der Waals surface area contributed by atoms with E-state index in [1.54, 1.807) is 54.2 Å². The summed E-state index contributed by atoms with van der Waals surface area (Å²) < 4.78 is 47.1. The number of aldehydes is 1. The van der Waals surface area contributed by atoms with Crippen molar-refractivity contribution in [1.82, 2.24) is 0 Å². The van der Waals surface area contributed by atoms with Crippen molar-refractivity contribution < 1.29 is 32.1 Å². The van der Waals surface area contributed by atoms with Crippen LogP contribution in [0.2, 0.25) is 0 Å². The van der Waals surface area contributed by atoms with Gasteiger partial charge in [0.15, 0.2) is 6.20 Å². The fraction of sp³-hybridized carbons (Fsp3) is 0.208. The summed E-state index contributed by atoms with van der Waals surface area (Å²) in [5.41, 5.74) is 0.408. The molecule has 1 aromatic heterocycles. The van der Waals surface area contributed by atoms with Gasteiger partial charge in [-0.1, -0.05) is 6.07 Å². The lowest BCUT2D eigenvalue weighted by Gasteiger charge is -2.26. The third-order valence-corrected chi connectivity index (χ3v) is 5.23. The van der Waals surface area contributed by atoms with Crippen LogP contribution in [0, 0.1) is 6.92 Å². The summed E-state index contributed by atoms with van der Waals surface area (Å²) in [6.45, 7) is 1.37. The first-order valence-corrected chi connectivity index (χ1v) is 9.93. The Hall–Kier alpha value is -3.88. The number of nitrogens with zero attached hydrogens (tertiary/aromatic N) is 3. The Morgan fingerprint density at radius 1 is 0.939 bits per heavy atom. The molecule has 0 atom stereocenters. The van der Waals surface area contributed by atoms with Gasteiger partial charge in [-0.2, -0.15) is 17.7 Å². The van der Waals surface area contributed by atoms with Crippen LogP contribution < -0.4 is 19.1 Å². The third kappa shape index (κ3) is 5.31. The number of aryl methyl sites for hydroxylation is 2. The van der Waals surface area contributed by atoms with Gasteiger partial charge in [0.25, 0.3) is 0 Å². The van der Waals surface area contributed by atoms with Gasteiger partial charge in [0.2, 0.25) is 12.0 Å². The summed E-state index contributed by atoms with van der Waals surface area (Å²) >= 11 is 0. The number of carbonyl (C=O) groups excluding carboxylic acids is 2. The first-order valence-electron chi connectivity index (χ1n) is 9.93. The van der Waals surface area contributed by atoms with Crippen molar-refractivity contribution in [2.75, 3.05) is 23.9 Å². The first-order chi connectivity index (χ1) is 15.5. The van der Waals surface area contributed by atoms with Crippen LogP contribution in [0.15, 0.2) is 60.8 Å². The van der Waals surface area contributed by atoms with Crippen LogP contribution in [0.3, 0.4) is 0 Å². The van der Waals surface area contributed by atoms with Crippen LogP contribution in [0.1, 0.15) is 21.6 Å². The highest BCUT2D eigenvalue weighted by Crippen LogP contribution is 2.34. The molecule has 0 aliphatic rings. The second-order valence-corrected chi connectivity index (χ2v) is 7.51. The molecule has 3 aromatic rings. The van der Waals surface area contributed by atoms with E-state index in [1.165, 1.54) is 38.1 Å². The predicted molar refractivity (Wildman–Crippen MR) is 118 cm³/mol. The average molecular weight is 458 g/mol. The largest absolute Gasteiger partial charge is 0.457 e. The van der Waals surface area contributed by atoms with E-state index in [2.05, 4.69) is 0 Å². The topological polar surface area (TPSA) is 53.7 Å². The lowest BCUT2D eigenvalue weighted by atomic mass is 10.1. The minimum absolute atomic E-state index is 0.0866. The molecule has 6 nitrogen and oxygen atoms in total. The molecule has 9 heteroatoms. The summed E-state index contributed by atoms with van der Waals surface area (Å²) in [5, 5.41) is 0. The van der Waals surface area contributed by atoms with Crippen LogP contribution in [0.5, 0.6) is 11.5 Å². The van der Waals surface area contributed by atoms with E-state index in [4.69, 9.17) is 4.74 Å². The zero-order valence-electron chi connectivity index (χ0n) is 18.6. The van der Waals surface area contributed by atoms with Crippen LogP contribution in [0.4, 0.5) is 29.3 Å². The molecule has 0 aliphatic carbocycles. The van der Waals surface area contributed by atoms with Crippen molar-refractivity contribution in [2.45, 2.75) is 13.1 Å². The standard InChI is InChI=1S/C24H23F3N3O3/c1-16-5-6-18(14-22(16)24(25,26)27)30(4)23(32)29(3)17-7-9-20(10-8-17)33-21-11-12-28(2)19(13-21)15-31/h5-15H,1-4H3/q+1. The molecule has 0 aliphatic heterocycles. The fourth-order valence-corrected chi connectivity index (χ4v) is 3.19. The normalized spacial score (nSPS) is 11.1. The summed E-state index contributed by atoms with van der Waals surface area (Å²) in [5.74, 6) is 0.971. The molecule has 2 amide bonds. The monoisotopic (exact) mass is 458 g/mol. The minimum atomic E-state index is -4.51. The van der Waals surface area contributed by atoms with Crippen molar-refractivity contribution in [2.24, 2.45) is 7.05 Å². The number of aromatic nitrogens is 1. The fourth-order valence-electron chi connectivity index (χ4n) is 3.19. The van der Waals surface area contributed by atoms with Crippen molar-refractivity contribution >= 4 is 23.7 Å². The average Bonchev–Trinajstić information content (AvgIpc) is 2.79. The maximum atomic E-state index is 13.2. The SMILES string of the molecule is Cc1ccc(N(C)C(=O)N(C)c2ccc(Oc3cc[n+](C)c(C=O)c3)cc2)cc1C(F)(F)F. The number of halogens is 3. The van der Waals surface area contributed by atoms with Gasteiger partial charge in [0.05, 0.1) is 11.6 Å². The number of urea groups is 1. The van der Waals surface area contributed by atoms with E-state index in [9.17, 15) is 22.8 Å². The molecule has 0 bridgehead atoms. The Morgan fingerprint density at radius 3 is 2.15 bits per heavy atom. The zero-order valence-corrected chi connectivity index (χ0v) is 18.6. The van der Waals surface area contributed by atoms with Gasteiger partial charge in [0.1, 0.15) is 18.5 Å². The number of anilines is 2. The van der Waals surface area contributed by atoms with Crippen LogP contribution >= 0.6 is 0 Å². The number of pyridine rings is 1. The molecule has 3 rings (SSSR count). The smallest absolute Gasteiger partial charge is 0.416 e. The quantitative estimate of drug-likeness (QED) is 0.393. The number of hydrogen-bond donors (Lipinski definition) is 0. The molecule has 0 fully saturated rings. The maximum Gasteiger partial charge on any atom is 0.416 e. The van der Waals surface area contributed by atoms with Gasteiger partial charge in [-0.3, -0.25) is 14.6 Å². The van der Waals surface area contributed by atoms with Crippen molar-refractivity contribution in [3.05, 3.63) is 77.6 Å². The number of amides is 2. The molecule has 33 heavy (non-hydrogen) atoms. The highest BCUT2D eigenvalue weighted by molar-refractivity contribution is 6.02. The summed E-state index contributed by atoms with van der Waals surface area (Å²) in [4.78, 5) is 26.4. The number of hydrogen-bond acceptors (Lipinski definition) is 3. The number of benzene rings is 2. The zero-order chi connectivity index (χ0) is 24.3. The van der Waals surface area contributed by atoms with E-state index < -0.39 is 17.8 Å². The molecule has 0 N–H and O–H groups in total. The van der Waals surface area contributed by atoms with Crippen molar-refractivity contribution in [3.8, 4) is 11.5 Å². The molecular formula is C24H23F3N3O3+. The van der Waals surface area contributed by atoms with Gasteiger partial charge >= 0.3 is 12.2 Å². The minimum Gasteiger partial charge on any atom is -0.457 e. The molecule has 0 unspecified atom stereocenters. The molecule has 2 aromatic carbocycles. The van der Waals surface area contributed by atoms with E-state index in [0.717, 1.165) is 17.3 Å². The third-order valence-electron chi connectivity index (χ3n) is 5.23. The van der Waals surface area contributed by atoms with Crippen LogP contribution in [-0.2, 0) is 13.2 Å². The van der Waals surface area contributed by atoms with Gasteiger partial charge < -0.3 is 4.74 Å². The van der Waals surface area contributed by atoms with Crippen LogP contribution in [0.25, 0.3) is 0 Å². The van der Waals surface area contributed by atoms with E-state index in [1.807, 2.05) is 0 Å². The highest BCUT2D eigenvalue weighted by atomic mass is 19.4. The van der Waals surface area contributed by atoms with Crippen LogP contribution in [-0.4, -0.2) is 26.4 Å². The Morgan fingerprint density at radius 2 is 1.55 bits per heavy atom. The molecular weight excluding hydrogens is 435 g/mol.